The fourth-order valence-corrected chi connectivity index (χ4v) is 2.05. The summed E-state index contributed by atoms with van der Waals surface area (Å²) >= 11 is 0. The molecule has 0 fully saturated rings. The second-order valence-electron chi connectivity index (χ2n) is 3.28. The van der Waals surface area contributed by atoms with Crippen LogP contribution in [0.25, 0.3) is 0 Å². The van der Waals surface area contributed by atoms with Crippen molar-refractivity contribution >= 4 is 5.69 Å². The van der Waals surface area contributed by atoms with Gasteiger partial charge >= 0.3 is 0 Å². The van der Waals surface area contributed by atoms with Gasteiger partial charge in [0, 0.05) is 17.8 Å². The summed E-state index contributed by atoms with van der Waals surface area (Å²) in [5, 5.41) is 0. The van der Waals surface area contributed by atoms with Crippen molar-refractivity contribution < 1.29 is 0 Å². The molecule has 2 aliphatic rings. The van der Waals surface area contributed by atoms with Crippen LogP contribution in [0, 0.1) is 6.54 Å². The third-order valence-electron chi connectivity index (χ3n) is 2.58. The third kappa shape index (κ3) is 0.609. The van der Waals surface area contributed by atoms with Gasteiger partial charge < -0.3 is 4.90 Å². The van der Waals surface area contributed by atoms with Gasteiger partial charge in [-0.15, -0.1) is 0 Å². The van der Waals surface area contributed by atoms with Crippen LogP contribution in [0.4, 0.5) is 5.69 Å². The van der Waals surface area contributed by atoms with E-state index < -0.39 is 0 Å². The highest BCUT2D eigenvalue weighted by Gasteiger charge is 2.28. The van der Waals surface area contributed by atoms with Gasteiger partial charge in [-0.05, 0) is 18.4 Å². The van der Waals surface area contributed by atoms with Crippen LogP contribution in [-0.2, 0) is 6.42 Å². The number of aryl methyl sites for hydroxylation is 1. The lowest BCUT2D eigenvalue weighted by atomic mass is 9.92. The minimum atomic E-state index is 1.23. The van der Waals surface area contributed by atoms with Crippen molar-refractivity contribution in [3.05, 3.63) is 35.9 Å². The summed E-state index contributed by atoms with van der Waals surface area (Å²) in [5.41, 5.74) is 4.47. The molecule has 2 heterocycles. The molecule has 0 aromatic heterocycles. The number of para-hydroxylation sites is 1. The minimum Gasteiger partial charge on any atom is -0.361 e. The average molecular weight is 144 g/mol. The zero-order valence-electron chi connectivity index (χ0n) is 6.38. The predicted molar refractivity (Wildman–Crippen MR) is 45.5 cm³/mol. The summed E-state index contributed by atoms with van der Waals surface area (Å²) < 4.78 is 0. The summed E-state index contributed by atoms with van der Waals surface area (Å²) in [6, 6.07) is 6.60. The van der Waals surface area contributed by atoms with E-state index >= 15 is 0 Å². The molecule has 11 heavy (non-hydrogen) atoms. The number of rotatable bonds is 0. The van der Waals surface area contributed by atoms with E-state index in [2.05, 4.69) is 29.6 Å². The molecule has 0 aliphatic carbocycles. The van der Waals surface area contributed by atoms with Gasteiger partial charge in [0.2, 0.25) is 0 Å². The molecule has 1 heteroatoms. The summed E-state index contributed by atoms with van der Waals surface area (Å²) in [4.78, 5) is 2.37. The Bertz CT molecular complexity index is 304. The van der Waals surface area contributed by atoms with E-state index in [1.165, 1.54) is 36.2 Å². The molecule has 0 unspecified atom stereocenters. The molecule has 0 saturated carbocycles. The molecule has 0 N–H and O–H groups in total. The van der Waals surface area contributed by atoms with E-state index in [0.29, 0.717) is 0 Å². The summed E-state index contributed by atoms with van der Waals surface area (Å²) in [7, 11) is 0. The Morgan fingerprint density at radius 3 is 3.18 bits per heavy atom. The van der Waals surface area contributed by atoms with Crippen LogP contribution < -0.4 is 4.90 Å². The van der Waals surface area contributed by atoms with E-state index in [1.54, 1.807) is 0 Å². The van der Waals surface area contributed by atoms with Gasteiger partial charge in [-0.25, -0.2) is 0 Å². The minimum absolute atomic E-state index is 1.23. The molecule has 1 nitrogen and oxygen atoms in total. The standard InChI is InChI=1S/C10H10N/c1-3-8-5-2-6-11-7-9(4-1)10(8)11/h1,3-4,7H,2,5-6H2. The van der Waals surface area contributed by atoms with Crippen LogP contribution in [0.2, 0.25) is 0 Å². The van der Waals surface area contributed by atoms with Gasteiger partial charge in [0.25, 0.3) is 0 Å². The molecule has 0 saturated heterocycles. The lowest BCUT2D eigenvalue weighted by Crippen LogP contribution is -2.35. The van der Waals surface area contributed by atoms with E-state index in [1.807, 2.05) is 0 Å². The van der Waals surface area contributed by atoms with Crippen molar-refractivity contribution in [1.82, 2.24) is 0 Å². The smallest absolute Gasteiger partial charge is 0.0809 e. The molecule has 0 atom stereocenters. The molecule has 1 aromatic carbocycles. The van der Waals surface area contributed by atoms with Gasteiger partial charge in [0.05, 0.1) is 6.54 Å². The number of hydrogen-bond donors (Lipinski definition) is 0. The Balaban J connectivity index is 2.23. The highest BCUT2D eigenvalue weighted by molar-refractivity contribution is 5.74. The molecule has 55 valence electrons. The predicted octanol–water partition coefficient (Wildman–Crippen LogP) is 1.96. The fraction of sp³-hybridized carbons (Fsp3) is 0.300. The van der Waals surface area contributed by atoms with Gasteiger partial charge in [-0.2, -0.15) is 0 Å². The van der Waals surface area contributed by atoms with E-state index in [9.17, 15) is 0 Å². The van der Waals surface area contributed by atoms with E-state index in [-0.39, 0.29) is 0 Å². The second-order valence-corrected chi connectivity index (χ2v) is 3.28. The van der Waals surface area contributed by atoms with Crippen LogP contribution >= 0.6 is 0 Å². The van der Waals surface area contributed by atoms with Crippen LogP contribution in [0.3, 0.4) is 0 Å². The molecule has 1 radical (unpaired) electrons. The summed E-state index contributed by atoms with van der Waals surface area (Å²) in [6.07, 6.45) is 2.58. The zero-order chi connectivity index (χ0) is 7.26. The highest BCUT2D eigenvalue weighted by atomic mass is 15.2. The fourth-order valence-electron chi connectivity index (χ4n) is 2.05. The first-order chi connectivity index (χ1) is 5.45. The number of hydrogen-bond acceptors (Lipinski definition) is 1. The molecular formula is C10H10N. The number of benzene rings is 1. The van der Waals surface area contributed by atoms with Crippen LogP contribution in [0.1, 0.15) is 17.5 Å². The average Bonchev–Trinajstić information content (AvgIpc) is 2.01. The van der Waals surface area contributed by atoms with Gasteiger partial charge in [-0.1, -0.05) is 18.2 Å². The van der Waals surface area contributed by atoms with Crippen LogP contribution in [0.15, 0.2) is 18.2 Å². The van der Waals surface area contributed by atoms with E-state index in [4.69, 9.17) is 0 Å². The maximum Gasteiger partial charge on any atom is 0.0809 e. The molecule has 0 amide bonds. The summed E-state index contributed by atoms with van der Waals surface area (Å²) in [6.45, 7) is 3.47. The van der Waals surface area contributed by atoms with E-state index in [0.717, 1.165) is 0 Å². The SMILES string of the molecule is [CH]1c2cccc3c2N1CCC3. The van der Waals surface area contributed by atoms with Crippen molar-refractivity contribution in [3.63, 3.8) is 0 Å². The number of anilines is 1. The quantitative estimate of drug-likeness (QED) is 0.538. The largest absolute Gasteiger partial charge is 0.361 e. The second kappa shape index (κ2) is 1.79. The highest BCUT2D eigenvalue weighted by Crippen LogP contribution is 2.40. The Morgan fingerprint density at radius 1 is 1.27 bits per heavy atom. The van der Waals surface area contributed by atoms with Crippen molar-refractivity contribution in [2.75, 3.05) is 11.4 Å². The maximum atomic E-state index is 2.37. The summed E-state index contributed by atoms with van der Waals surface area (Å²) in [5.74, 6) is 0. The molecular weight excluding hydrogens is 134 g/mol. The van der Waals surface area contributed by atoms with Crippen molar-refractivity contribution in [3.8, 4) is 0 Å². The van der Waals surface area contributed by atoms with Crippen molar-refractivity contribution in [1.29, 1.82) is 0 Å². The van der Waals surface area contributed by atoms with Crippen LogP contribution in [0.5, 0.6) is 0 Å². The van der Waals surface area contributed by atoms with Gasteiger partial charge in [0.15, 0.2) is 0 Å². The third-order valence-corrected chi connectivity index (χ3v) is 2.58. The lowest BCUT2D eigenvalue weighted by molar-refractivity contribution is 0.716. The number of nitrogens with zero attached hydrogens (tertiary/aromatic N) is 1. The van der Waals surface area contributed by atoms with Gasteiger partial charge in [0.1, 0.15) is 0 Å². The Morgan fingerprint density at radius 2 is 2.27 bits per heavy atom. The first kappa shape index (κ1) is 5.64. The Kier molecular flexibility index (Phi) is 0.916. The molecule has 3 rings (SSSR count). The topological polar surface area (TPSA) is 3.24 Å². The van der Waals surface area contributed by atoms with Crippen molar-refractivity contribution in [2.24, 2.45) is 0 Å². The first-order valence-corrected chi connectivity index (χ1v) is 4.18. The van der Waals surface area contributed by atoms with Gasteiger partial charge in [-0.3, -0.25) is 0 Å². The lowest BCUT2D eigenvalue weighted by Gasteiger charge is -2.40. The Hall–Kier alpha value is -0.980. The zero-order valence-corrected chi connectivity index (χ0v) is 6.38. The van der Waals surface area contributed by atoms with Crippen molar-refractivity contribution in [2.45, 2.75) is 12.8 Å². The normalized spacial score (nSPS) is 19.1. The monoisotopic (exact) mass is 144 g/mol. The first-order valence-electron chi connectivity index (χ1n) is 4.18. The van der Waals surface area contributed by atoms with Crippen LogP contribution in [-0.4, -0.2) is 6.54 Å². The maximum absolute atomic E-state index is 2.37. The molecule has 1 aromatic rings. The Labute approximate surface area is 66.6 Å². The molecule has 0 spiro atoms. The molecule has 0 bridgehead atoms. The molecule has 2 aliphatic heterocycles.